The molecule has 66 valence electrons. The molecule has 0 aromatic rings. The van der Waals surface area contributed by atoms with E-state index in [1.807, 2.05) is 0 Å². The van der Waals surface area contributed by atoms with E-state index >= 15 is 0 Å². The van der Waals surface area contributed by atoms with Crippen molar-refractivity contribution < 1.29 is 9.47 Å². The summed E-state index contributed by atoms with van der Waals surface area (Å²) in [4.78, 5) is 0. The Balaban J connectivity index is 1.86. The summed E-state index contributed by atoms with van der Waals surface area (Å²) in [6.07, 6.45) is 2.12. The van der Waals surface area contributed by atoms with E-state index in [0.29, 0.717) is 5.92 Å². The molecule has 1 heterocycles. The first-order valence-electron chi connectivity index (χ1n) is 4.29. The van der Waals surface area contributed by atoms with Crippen LogP contribution in [0, 0.1) is 5.92 Å². The van der Waals surface area contributed by atoms with Gasteiger partial charge in [-0.3, -0.25) is 0 Å². The Labute approximate surface area is 67.9 Å². The molecule has 0 spiro atoms. The van der Waals surface area contributed by atoms with Crippen molar-refractivity contribution in [3.8, 4) is 0 Å². The fourth-order valence-corrected chi connectivity index (χ4v) is 1.15. The number of ether oxygens (including phenoxy) is 2. The molecule has 0 radical (unpaired) electrons. The Bertz CT molecular complexity index is 92.1. The molecule has 3 heteroatoms. The summed E-state index contributed by atoms with van der Waals surface area (Å²) >= 11 is 0. The van der Waals surface area contributed by atoms with Gasteiger partial charge in [0.05, 0.1) is 13.2 Å². The summed E-state index contributed by atoms with van der Waals surface area (Å²) in [5, 5.41) is 0. The van der Waals surface area contributed by atoms with Gasteiger partial charge in [-0.25, -0.2) is 0 Å². The molecule has 0 amide bonds. The SMILES string of the molecule is NCCCOC[C@@H]1CCOC1. The Morgan fingerprint density at radius 3 is 3.09 bits per heavy atom. The molecule has 3 nitrogen and oxygen atoms in total. The van der Waals surface area contributed by atoms with Crippen LogP contribution in [0.2, 0.25) is 0 Å². The zero-order valence-corrected chi connectivity index (χ0v) is 6.92. The van der Waals surface area contributed by atoms with Gasteiger partial charge in [-0.2, -0.15) is 0 Å². The highest BCUT2D eigenvalue weighted by Crippen LogP contribution is 2.11. The lowest BCUT2D eigenvalue weighted by molar-refractivity contribution is 0.0893. The lowest BCUT2D eigenvalue weighted by Crippen LogP contribution is -2.11. The fourth-order valence-electron chi connectivity index (χ4n) is 1.15. The first kappa shape index (κ1) is 8.97. The standard InChI is InChI=1S/C8H17NO2/c9-3-1-4-10-6-8-2-5-11-7-8/h8H,1-7,9H2/t8-/m0/s1. The van der Waals surface area contributed by atoms with Crippen LogP contribution in [0.3, 0.4) is 0 Å². The predicted molar refractivity (Wildman–Crippen MR) is 43.4 cm³/mol. The lowest BCUT2D eigenvalue weighted by atomic mass is 10.1. The average molecular weight is 159 g/mol. The lowest BCUT2D eigenvalue weighted by Gasteiger charge is -2.07. The van der Waals surface area contributed by atoms with E-state index in [1.54, 1.807) is 0 Å². The van der Waals surface area contributed by atoms with Gasteiger partial charge in [0, 0.05) is 19.1 Å². The first-order valence-corrected chi connectivity index (χ1v) is 4.29. The van der Waals surface area contributed by atoms with Crippen LogP contribution in [0.4, 0.5) is 0 Å². The highest BCUT2D eigenvalue weighted by molar-refractivity contribution is 4.62. The van der Waals surface area contributed by atoms with Crippen LogP contribution < -0.4 is 5.73 Å². The van der Waals surface area contributed by atoms with Gasteiger partial charge in [0.1, 0.15) is 0 Å². The minimum Gasteiger partial charge on any atom is -0.381 e. The molecule has 0 aromatic carbocycles. The Kier molecular flexibility index (Phi) is 4.50. The second kappa shape index (κ2) is 5.52. The van der Waals surface area contributed by atoms with Gasteiger partial charge in [0.25, 0.3) is 0 Å². The van der Waals surface area contributed by atoms with Gasteiger partial charge in [-0.05, 0) is 19.4 Å². The van der Waals surface area contributed by atoms with Gasteiger partial charge in [0.2, 0.25) is 0 Å². The van der Waals surface area contributed by atoms with Gasteiger partial charge in [0.15, 0.2) is 0 Å². The normalized spacial score (nSPS) is 24.3. The average Bonchev–Trinajstić information content (AvgIpc) is 2.50. The van der Waals surface area contributed by atoms with E-state index in [9.17, 15) is 0 Å². The van der Waals surface area contributed by atoms with Crippen LogP contribution in [0.25, 0.3) is 0 Å². The molecule has 11 heavy (non-hydrogen) atoms. The van der Waals surface area contributed by atoms with Crippen molar-refractivity contribution in [3.63, 3.8) is 0 Å². The summed E-state index contributed by atoms with van der Waals surface area (Å²) in [5.41, 5.74) is 5.32. The van der Waals surface area contributed by atoms with Gasteiger partial charge >= 0.3 is 0 Å². The van der Waals surface area contributed by atoms with Gasteiger partial charge in [-0.15, -0.1) is 0 Å². The maximum atomic E-state index is 5.40. The fraction of sp³-hybridized carbons (Fsp3) is 1.00. The molecule has 0 aromatic heterocycles. The van der Waals surface area contributed by atoms with Gasteiger partial charge < -0.3 is 15.2 Å². The van der Waals surface area contributed by atoms with Crippen LogP contribution in [-0.2, 0) is 9.47 Å². The zero-order valence-electron chi connectivity index (χ0n) is 6.92. The molecule has 0 saturated carbocycles. The van der Waals surface area contributed by atoms with E-state index in [-0.39, 0.29) is 0 Å². The van der Waals surface area contributed by atoms with Crippen LogP contribution >= 0.6 is 0 Å². The predicted octanol–water partition coefficient (Wildman–Crippen LogP) is 0.388. The second-order valence-corrected chi connectivity index (χ2v) is 2.95. The maximum absolute atomic E-state index is 5.40. The molecule has 0 aliphatic carbocycles. The first-order chi connectivity index (χ1) is 5.43. The van der Waals surface area contributed by atoms with Crippen LogP contribution in [0.15, 0.2) is 0 Å². The zero-order chi connectivity index (χ0) is 7.94. The molecule has 0 unspecified atom stereocenters. The van der Waals surface area contributed by atoms with E-state index < -0.39 is 0 Å². The Hall–Kier alpha value is -0.120. The van der Waals surface area contributed by atoms with Crippen LogP contribution in [0.1, 0.15) is 12.8 Å². The van der Waals surface area contributed by atoms with Crippen molar-refractivity contribution in [2.45, 2.75) is 12.8 Å². The number of nitrogens with two attached hydrogens (primary N) is 1. The minimum atomic E-state index is 0.632. The molecule has 1 saturated heterocycles. The molecule has 1 aliphatic heterocycles. The number of rotatable bonds is 5. The third-order valence-corrected chi connectivity index (χ3v) is 1.87. The number of hydrogen-bond donors (Lipinski definition) is 1. The Morgan fingerprint density at radius 1 is 1.55 bits per heavy atom. The quantitative estimate of drug-likeness (QED) is 0.590. The smallest absolute Gasteiger partial charge is 0.0517 e. The second-order valence-electron chi connectivity index (χ2n) is 2.95. The molecule has 1 rings (SSSR count). The highest BCUT2D eigenvalue weighted by Gasteiger charge is 2.14. The van der Waals surface area contributed by atoms with Crippen molar-refractivity contribution in [2.75, 3.05) is 33.0 Å². The number of hydrogen-bond acceptors (Lipinski definition) is 3. The maximum Gasteiger partial charge on any atom is 0.0517 e. The topological polar surface area (TPSA) is 44.5 Å². The summed E-state index contributed by atoms with van der Waals surface area (Å²) in [5.74, 6) is 0.632. The van der Waals surface area contributed by atoms with Crippen molar-refractivity contribution in [1.82, 2.24) is 0 Å². The molecular formula is C8H17NO2. The monoisotopic (exact) mass is 159 g/mol. The molecule has 1 atom stereocenters. The summed E-state index contributed by atoms with van der Waals surface area (Å²) in [7, 11) is 0. The summed E-state index contributed by atoms with van der Waals surface area (Å²) in [6, 6.07) is 0. The third kappa shape index (κ3) is 3.70. The van der Waals surface area contributed by atoms with E-state index in [1.165, 1.54) is 0 Å². The van der Waals surface area contributed by atoms with E-state index in [4.69, 9.17) is 15.2 Å². The highest BCUT2D eigenvalue weighted by atomic mass is 16.5. The largest absolute Gasteiger partial charge is 0.381 e. The van der Waals surface area contributed by atoms with Crippen molar-refractivity contribution >= 4 is 0 Å². The summed E-state index contributed by atoms with van der Waals surface area (Å²) < 4.78 is 10.6. The van der Waals surface area contributed by atoms with E-state index in [0.717, 1.165) is 45.8 Å². The van der Waals surface area contributed by atoms with Crippen LogP contribution in [-0.4, -0.2) is 33.0 Å². The van der Waals surface area contributed by atoms with Crippen molar-refractivity contribution in [2.24, 2.45) is 11.7 Å². The van der Waals surface area contributed by atoms with Crippen molar-refractivity contribution in [3.05, 3.63) is 0 Å². The Morgan fingerprint density at radius 2 is 2.45 bits per heavy atom. The molecule has 1 aliphatic rings. The molecule has 1 fully saturated rings. The van der Waals surface area contributed by atoms with Crippen molar-refractivity contribution in [1.29, 1.82) is 0 Å². The molecule has 0 bridgehead atoms. The third-order valence-electron chi connectivity index (χ3n) is 1.87. The molecular weight excluding hydrogens is 142 g/mol. The van der Waals surface area contributed by atoms with E-state index in [2.05, 4.69) is 0 Å². The molecule has 2 N–H and O–H groups in total. The summed E-state index contributed by atoms with van der Waals surface area (Å²) in [6.45, 7) is 4.15. The minimum absolute atomic E-state index is 0.632. The van der Waals surface area contributed by atoms with Crippen LogP contribution in [0.5, 0.6) is 0 Å². The van der Waals surface area contributed by atoms with Gasteiger partial charge in [-0.1, -0.05) is 0 Å².